The second kappa shape index (κ2) is 10.4. The van der Waals surface area contributed by atoms with Crippen molar-refractivity contribution in [1.29, 1.82) is 0 Å². The highest BCUT2D eigenvalue weighted by Gasteiger charge is 2.52. The van der Waals surface area contributed by atoms with Gasteiger partial charge in [0.25, 0.3) is 0 Å². The van der Waals surface area contributed by atoms with Crippen molar-refractivity contribution in [2.24, 2.45) is 28.6 Å². The van der Waals surface area contributed by atoms with Crippen molar-refractivity contribution in [2.75, 3.05) is 20.1 Å². The first-order chi connectivity index (χ1) is 19.4. The molecule has 5 fully saturated rings. The Morgan fingerprint density at radius 1 is 1.07 bits per heavy atom. The molecule has 1 aliphatic heterocycles. The lowest BCUT2D eigenvalue weighted by atomic mass is 9.70. The van der Waals surface area contributed by atoms with Crippen LogP contribution in [0, 0.1) is 28.6 Å². The number of hydrogen-bond acceptors (Lipinski definition) is 6. The molecule has 4 N–H and O–H groups in total. The Kier molecular flexibility index (Phi) is 7.29. The molecule has 226 valence electrons. The third-order valence-electron chi connectivity index (χ3n) is 11.9. The highest BCUT2D eigenvalue weighted by atomic mass is 16.5. The maximum Gasteiger partial charge on any atom is 0.309 e. The highest BCUT2D eigenvalue weighted by Crippen LogP contribution is 2.49. The number of carboxylic acid groups (broad SMARTS) is 1. The average Bonchev–Trinajstić information content (AvgIpc) is 3.61. The standard InChI is InChI=1S/C32H48N4O5/c1-30(10-5-11-30)18-33-28(38)25-19-6-7-20(14-19)26(25)35-27(37)21-15-24(23-17-34-36(4)32(23,3)16-21)41-22-8-12-31(2,13-9-22)29(39)40/h15,19-20,22,25-26,34H,5-14,16-18H2,1-4H3,(H,33,38)(H,35,37)(H,39,40)/t19-,20+,22?,25+,26-,31?,32?/m1/s1. The fourth-order valence-corrected chi connectivity index (χ4v) is 8.50. The monoisotopic (exact) mass is 568 g/mol. The van der Waals surface area contributed by atoms with Gasteiger partial charge in [-0.1, -0.05) is 13.3 Å². The maximum atomic E-state index is 13.9. The molecule has 2 amide bonds. The summed E-state index contributed by atoms with van der Waals surface area (Å²) < 4.78 is 6.57. The van der Waals surface area contributed by atoms with E-state index in [1.165, 1.54) is 19.3 Å². The molecular weight excluding hydrogens is 520 g/mol. The third-order valence-corrected chi connectivity index (χ3v) is 11.9. The molecule has 0 radical (unpaired) electrons. The van der Waals surface area contributed by atoms with E-state index in [1.807, 2.05) is 20.0 Å². The number of likely N-dealkylation sites (N-methyl/N-ethyl adjacent to an activating group) is 1. The Morgan fingerprint density at radius 3 is 2.44 bits per heavy atom. The molecule has 41 heavy (non-hydrogen) atoms. The van der Waals surface area contributed by atoms with Gasteiger partial charge < -0.3 is 20.5 Å². The minimum absolute atomic E-state index is 0.0742. The molecule has 0 aromatic carbocycles. The molecule has 6 aliphatic rings. The third kappa shape index (κ3) is 5.11. The van der Waals surface area contributed by atoms with E-state index in [0.717, 1.165) is 37.1 Å². The molecule has 2 bridgehead atoms. The zero-order valence-corrected chi connectivity index (χ0v) is 25.2. The number of amides is 2. The van der Waals surface area contributed by atoms with E-state index in [2.05, 4.69) is 34.9 Å². The minimum Gasteiger partial charge on any atom is -0.490 e. The van der Waals surface area contributed by atoms with Crippen LogP contribution in [-0.2, 0) is 19.1 Å². The van der Waals surface area contributed by atoms with Gasteiger partial charge in [0.1, 0.15) is 5.76 Å². The Morgan fingerprint density at radius 2 is 1.78 bits per heavy atom. The van der Waals surface area contributed by atoms with Crippen molar-refractivity contribution in [2.45, 2.75) is 109 Å². The summed E-state index contributed by atoms with van der Waals surface area (Å²) in [6, 6.07) is -0.134. The van der Waals surface area contributed by atoms with E-state index < -0.39 is 16.9 Å². The van der Waals surface area contributed by atoms with Gasteiger partial charge in [-0.3, -0.25) is 19.8 Å². The van der Waals surface area contributed by atoms with Gasteiger partial charge >= 0.3 is 5.97 Å². The van der Waals surface area contributed by atoms with Gasteiger partial charge in [0.15, 0.2) is 0 Å². The van der Waals surface area contributed by atoms with Crippen LogP contribution in [0.4, 0.5) is 0 Å². The predicted molar refractivity (Wildman–Crippen MR) is 154 cm³/mol. The molecule has 0 aromatic heterocycles. The quantitative estimate of drug-likeness (QED) is 0.353. The Bertz CT molecular complexity index is 1170. The number of allylic oxidation sites excluding steroid dienone is 1. The number of nitrogens with one attached hydrogen (secondary N) is 3. The van der Waals surface area contributed by atoms with Crippen LogP contribution in [0.25, 0.3) is 0 Å². The molecule has 5 atom stereocenters. The van der Waals surface area contributed by atoms with Crippen LogP contribution in [0.5, 0.6) is 0 Å². The molecule has 5 aliphatic carbocycles. The average molecular weight is 569 g/mol. The lowest BCUT2D eigenvalue weighted by molar-refractivity contribution is -0.151. The normalized spacial score (nSPS) is 39.5. The number of rotatable bonds is 8. The number of fused-ring (bicyclic) bond motifs is 3. The van der Waals surface area contributed by atoms with Gasteiger partial charge in [0.2, 0.25) is 11.8 Å². The van der Waals surface area contributed by atoms with E-state index in [0.29, 0.717) is 56.1 Å². The lowest BCUT2D eigenvalue weighted by Crippen LogP contribution is -2.52. The number of hydrazine groups is 1. The maximum absolute atomic E-state index is 13.9. The first kappa shape index (κ1) is 28.7. The lowest BCUT2D eigenvalue weighted by Gasteiger charge is -2.40. The van der Waals surface area contributed by atoms with Crippen molar-refractivity contribution < 1.29 is 24.2 Å². The van der Waals surface area contributed by atoms with E-state index in [4.69, 9.17) is 4.74 Å². The number of carboxylic acids is 1. The molecule has 4 saturated carbocycles. The minimum atomic E-state index is -0.742. The number of carbonyl (C=O) groups excluding carboxylic acids is 2. The Balaban J connectivity index is 1.17. The van der Waals surface area contributed by atoms with Crippen LogP contribution in [0.1, 0.15) is 91.4 Å². The number of ether oxygens (including phenoxy) is 1. The largest absolute Gasteiger partial charge is 0.490 e. The molecule has 9 heteroatoms. The Labute approximate surface area is 243 Å². The van der Waals surface area contributed by atoms with Gasteiger partial charge in [0.05, 0.1) is 23.0 Å². The highest BCUT2D eigenvalue weighted by molar-refractivity contribution is 5.95. The van der Waals surface area contributed by atoms with E-state index in [9.17, 15) is 19.5 Å². The number of hydrogen-bond donors (Lipinski definition) is 4. The molecule has 1 unspecified atom stereocenters. The summed E-state index contributed by atoms with van der Waals surface area (Å²) in [6.07, 6.45) is 11.6. The number of nitrogens with zero attached hydrogens (tertiary/aromatic N) is 1. The summed E-state index contributed by atoms with van der Waals surface area (Å²) in [4.78, 5) is 39.1. The van der Waals surface area contributed by atoms with Gasteiger partial charge in [0, 0.05) is 43.7 Å². The zero-order chi connectivity index (χ0) is 29.2. The second-order valence-electron chi connectivity index (χ2n) is 14.8. The molecule has 0 aromatic rings. The van der Waals surface area contributed by atoms with Crippen LogP contribution >= 0.6 is 0 Å². The van der Waals surface area contributed by atoms with Crippen molar-refractivity contribution in [3.63, 3.8) is 0 Å². The van der Waals surface area contributed by atoms with E-state index in [1.54, 1.807) is 0 Å². The molecule has 0 spiro atoms. The van der Waals surface area contributed by atoms with Gasteiger partial charge in [-0.05, 0) is 95.0 Å². The van der Waals surface area contributed by atoms with Crippen molar-refractivity contribution >= 4 is 17.8 Å². The van der Waals surface area contributed by atoms with E-state index >= 15 is 0 Å². The molecule has 6 rings (SSSR count). The zero-order valence-electron chi connectivity index (χ0n) is 25.2. The summed E-state index contributed by atoms with van der Waals surface area (Å²) in [5.74, 6) is 0.531. The smallest absolute Gasteiger partial charge is 0.309 e. The van der Waals surface area contributed by atoms with Crippen LogP contribution in [0.3, 0.4) is 0 Å². The second-order valence-corrected chi connectivity index (χ2v) is 14.8. The topological polar surface area (TPSA) is 120 Å². The van der Waals surface area contributed by atoms with Crippen molar-refractivity contribution in [3.05, 3.63) is 23.0 Å². The fraction of sp³-hybridized carbons (Fsp3) is 0.781. The molecule has 1 saturated heterocycles. The molecule has 9 nitrogen and oxygen atoms in total. The van der Waals surface area contributed by atoms with Crippen LogP contribution in [0.15, 0.2) is 23.0 Å². The van der Waals surface area contributed by atoms with E-state index in [-0.39, 0.29) is 35.3 Å². The van der Waals surface area contributed by atoms with Crippen molar-refractivity contribution in [3.8, 4) is 0 Å². The first-order valence-electron chi connectivity index (χ1n) is 15.8. The van der Waals surface area contributed by atoms with Gasteiger partial charge in [-0.25, -0.2) is 5.01 Å². The summed E-state index contributed by atoms with van der Waals surface area (Å²) in [5, 5.41) is 18.3. The summed E-state index contributed by atoms with van der Waals surface area (Å²) in [7, 11) is 2.00. The molecular formula is C32H48N4O5. The SMILES string of the molecule is CN1NCC2=C(OC3CCC(C)(C(=O)O)CC3)C=C(C(=O)N[C@@H]3[C@H]4CC[C@H](C4)[C@@H]3C(=O)NCC3(C)CCC3)CC21C. The summed E-state index contributed by atoms with van der Waals surface area (Å²) in [6.45, 7) is 7.59. The molecule has 1 heterocycles. The summed E-state index contributed by atoms with van der Waals surface area (Å²) >= 11 is 0. The van der Waals surface area contributed by atoms with Gasteiger partial charge in [-0.15, -0.1) is 0 Å². The fourth-order valence-electron chi connectivity index (χ4n) is 8.50. The van der Waals surface area contributed by atoms with Crippen LogP contribution in [0.2, 0.25) is 0 Å². The first-order valence-corrected chi connectivity index (χ1v) is 15.8. The summed E-state index contributed by atoms with van der Waals surface area (Å²) in [5.41, 5.74) is 4.34. The van der Waals surface area contributed by atoms with Crippen molar-refractivity contribution in [1.82, 2.24) is 21.1 Å². The predicted octanol–water partition coefficient (Wildman–Crippen LogP) is 3.67. The number of aliphatic carboxylic acids is 1. The van der Waals surface area contributed by atoms with Gasteiger partial charge in [-0.2, -0.15) is 0 Å². The van der Waals surface area contributed by atoms with Crippen LogP contribution < -0.4 is 16.1 Å². The number of carbonyl (C=O) groups is 3. The van der Waals surface area contributed by atoms with Crippen LogP contribution in [-0.4, -0.2) is 65.7 Å². The Hall–Kier alpha value is -2.39.